The first-order valence-corrected chi connectivity index (χ1v) is 12.4. The second-order valence-corrected chi connectivity index (χ2v) is 9.67. The number of aryl methyl sites for hydroxylation is 1. The average molecular weight is 478 g/mol. The molecule has 33 heavy (non-hydrogen) atoms. The van der Waals surface area contributed by atoms with E-state index in [0.29, 0.717) is 17.1 Å². The summed E-state index contributed by atoms with van der Waals surface area (Å²) in [7, 11) is 0. The zero-order valence-corrected chi connectivity index (χ0v) is 20.8. The van der Waals surface area contributed by atoms with Crippen molar-refractivity contribution in [2.75, 3.05) is 24.5 Å². The number of carbonyl (C=O) groups is 1. The van der Waals surface area contributed by atoms with Crippen LogP contribution in [0, 0.1) is 6.92 Å². The number of carbonyl (C=O) groups excluding carboxylic acids is 1. The van der Waals surface area contributed by atoms with E-state index in [0.717, 1.165) is 46.3 Å². The van der Waals surface area contributed by atoms with Crippen molar-refractivity contribution in [3.8, 4) is 0 Å². The van der Waals surface area contributed by atoms with E-state index in [-0.39, 0.29) is 5.91 Å². The maximum Gasteiger partial charge on any atom is 0.251 e. The molecule has 170 valence electrons. The molecular formula is C27H28ClN3OS. The molecule has 0 radical (unpaired) electrons. The summed E-state index contributed by atoms with van der Waals surface area (Å²) < 4.78 is 0. The number of benzene rings is 3. The third kappa shape index (κ3) is 5.60. The number of nitrogens with zero attached hydrogens (tertiary/aromatic N) is 2. The first kappa shape index (κ1) is 23.4. The molecule has 1 N–H and O–H groups in total. The Bertz CT molecular complexity index is 1210. The molecule has 3 aromatic carbocycles. The monoisotopic (exact) mass is 477 g/mol. The second-order valence-electron chi connectivity index (χ2n) is 8.15. The van der Waals surface area contributed by atoms with E-state index in [1.165, 1.54) is 11.3 Å². The summed E-state index contributed by atoms with van der Waals surface area (Å²) in [5, 5.41) is 3.75. The Kier molecular flexibility index (Phi) is 7.41. The summed E-state index contributed by atoms with van der Waals surface area (Å²) in [6.45, 7) is 8.69. The van der Waals surface area contributed by atoms with Crippen molar-refractivity contribution in [1.82, 2.24) is 5.32 Å². The molecule has 0 spiro atoms. The van der Waals surface area contributed by atoms with Crippen LogP contribution in [-0.4, -0.2) is 31.3 Å². The molecule has 3 aromatic rings. The van der Waals surface area contributed by atoms with E-state index in [9.17, 15) is 4.79 Å². The van der Waals surface area contributed by atoms with Gasteiger partial charge < -0.3 is 10.2 Å². The first-order valence-electron chi connectivity index (χ1n) is 11.2. The molecule has 1 aliphatic heterocycles. The van der Waals surface area contributed by atoms with Crippen molar-refractivity contribution in [3.05, 3.63) is 82.4 Å². The number of halogens is 1. The van der Waals surface area contributed by atoms with Crippen LogP contribution < -0.4 is 10.2 Å². The summed E-state index contributed by atoms with van der Waals surface area (Å²) in [4.78, 5) is 22.1. The summed E-state index contributed by atoms with van der Waals surface area (Å²) >= 11 is 7.84. The van der Waals surface area contributed by atoms with Crippen molar-refractivity contribution in [3.63, 3.8) is 0 Å². The van der Waals surface area contributed by atoms with E-state index in [2.05, 4.69) is 48.3 Å². The Morgan fingerprint density at radius 2 is 1.88 bits per heavy atom. The van der Waals surface area contributed by atoms with Crippen LogP contribution >= 0.6 is 23.4 Å². The molecule has 0 saturated heterocycles. The Balaban J connectivity index is 1.39. The molecule has 1 heterocycles. The average Bonchev–Trinajstić information content (AvgIpc) is 2.94. The lowest BCUT2D eigenvalue weighted by molar-refractivity contribution is 0.0953. The number of anilines is 1. The molecule has 0 atom stereocenters. The van der Waals surface area contributed by atoms with Gasteiger partial charge in [-0.25, -0.2) is 0 Å². The van der Waals surface area contributed by atoms with Crippen LogP contribution in [0.1, 0.15) is 41.8 Å². The summed E-state index contributed by atoms with van der Waals surface area (Å²) in [6.07, 6.45) is 0.877. The molecule has 0 fully saturated rings. The van der Waals surface area contributed by atoms with Crippen LogP contribution in [0.5, 0.6) is 0 Å². The quantitative estimate of drug-likeness (QED) is 0.376. The standard InChI is InChI=1S/C27H28ClN3OS/c1-4-31(22-8-5-7-18(2)15-22)14-6-13-29-27(32)20-9-11-26-24(16-20)30-19(3)23-17-21(28)10-12-25(23)33-26/h5,7-12,15-17H,4,6,13-14H2,1-3H3,(H,29,32). The highest BCUT2D eigenvalue weighted by atomic mass is 35.5. The van der Waals surface area contributed by atoms with Crippen molar-refractivity contribution in [2.45, 2.75) is 37.0 Å². The SMILES string of the molecule is CCN(CCCNC(=O)c1ccc2c(c1)N=C(C)c1cc(Cl)ccc1S2)c1cccc(C)c1. The molecule has 4 rings (SSSR count). The third-order valence-corrected chi connectivity index (χ3v) is 7.08. The fourth-order valence-electron chi connectivity index (χ4n) is 3.93. The Hall–Kier alpha value is -2.76. The molecule has 1 amide bonds. The molecular weight excluding hydrogens is 450 g/mol. The van der Waals surface area contributed by atoms with Crippen molar-refractivity contribution in [2.24, 2.45) is 4.99 Å². The number of amides is 1. The highest BCUT2D eigenvalue weighted by Gasteiger charge is 2.17. The van der Waals surface area contributed by atoms with Crippen LogP contribution in [0.25, 0.3) is 0 Å². The summed E-state index contributed by atoms with van der Waals surface area (Å²) in [5.41, 5.74) is 5.85. The minimum absolute atomic E-state index is 0.0703. The number of nitrogens with one attached hydrogen (secondary N) is 1. The fraction of sp³-hybridized carbons (Fsp3) is 0.259. The summed E-state index contributed by atoms with van der Waals surface area (Å²) in [6, 6.07) is 20.1. The molecule has 1 aliphatic rings. The van der Waals surface area contributed by atoms with E-state index in [1.807, 2.05) is 43.3 Å². The Labute approximate surface area is 205 Å². The number of hydrogen-bond acceptors (Lipinski definition) is 4. The van der Waals surface area contributed by atoms with Crippen molar-refractivity contribution in [1.29, 1.82) is 0 Å². The third-order valence-electron chi connectivity index (χ3n) is 5.70. The zero-order valence-electron chi connectivity index (χ0n) is 19.2. The van der Waals surface area contributed by atoms with Crippen LogP contribution in [-0.2, 0) is 0 Å². The van der Waals surface area contributed by atoms with Gasteiger partial charge in [0.2, 0.25) is 0 Å². The van der Waals surface area contributed by atoms with Crippen LogP contribution in [0.4, 0.5) is 11.4 Å². The van der Waals surface area contributed by atoms with Crippen LogP contribution in [0.15, 0.2) is 75.4 Å². The van der Waals surface area contributed by atoms with Gasteiger partial charge in [-0.3, -0.25) is 9.79 Å². The Morgan fingerprint density at radius 3 is 2.67 bits per heavy atom. The number of fused-ring (bicyclic) bond motifs is 2. The van der Waals surface area contributed by atoms with Crippen LogP contribution in [0.3, 0.4) is 0 Å². The highest BCUT2D eigenvalue weighted by molar-refractivity contribution is 7.99. The lowest BCUT2D eigenvalue weighted by Crippen LogP contribution is -2.30. The molecule has 0 unspecified atom stereocenters. The van der Waals surface area contributed by atoms with Crippen molar-refractivity contribution >= 4 is 46.4 Å². The largest absolute Gasteiger partial charge is 0.372 e. The van der Waals surface area contributed by atoms with E-state index >= 15 is 0 Å². The van der Waals surface area contributed by atoms with Gasteiger partial charge in [-0.15, -0.1) is 0 Å². The predicted octanol–water partition coefficient (Wildman–Crippen LogP) is 6.90. The lowest BCUT2D eigenvalue weighted by Gasteiger charge is -2.23. The number of hydrogen-bond donors (Lipinski definition) is 1. The van der Waals surface area contributed by atoms with Crippen molar-refractivity contribution < 1.29 is 4.79 Å². The van der Waals surface area contributed by atoms with Gasteiger partial charge >= 0.3 is 0 Å². The molecule has 6 heteroatoms. The highest BCUT2D eigenvalue weighted by Crippen LogP contribution is 2.41. The smallest absolute Gasteiger partial charge is 0.251 e. The normalized spacial score (nSPS) is 12.3. The maximum absolute atomic E-state index is 12.8. The predicted molar refractivity (Wildman–Crippen MR) is 140 cm³/mol. The minimum Gasteiger partial charge on any atom is -0.372 e. The zero-order chi connectivity index (χ0) is 23.4. The minimum atomic E-state index is -0.0703. The van der Waals surface area contributed by atoms with Gasteiger partial charge in [-0.05, 0) is 81.3 Å². The summed E-state index contributed by atoms with van der Waals surface area (Å²) in [5.74, 6) is -0.0703. The van der Waals surface area contributed by atoms with E-state index in [1.54, 1.807) is 11.8 Å². The van der Waals surface area contributed by atoms with Gasteiger partial charge in [0, 0.05) is 57.0 Å². The number of aliphatic imine (C=N–C) groups is 1. The van der Waals surface area contributed by atoms with E-state index in [4.69, 9.17) is 16.6 Å². The van der Waals surface area contributed by atoms with Gasteiger partial charge in [-0.1, -0.05) is 35.5 Å². The topological polar surface area (TPSA) is 44.7 Å². The van der Waals surface area contributed by atoms with Gasteiger partial charge in [0.05, 0.1) is 5.69 Å². The fourth-order valence-corrected chi connectivity index (χ4v) is 5.14. The van der Waals surface area contributed by atoms with Gasteiger partial charge in [-0.2, -0.15) is 0 Å². The first-order chi connectivity index (χ1) is 15.9. The van der Waals surface area contributed by atoms with Gasteiger partial charge in [0.15, 0.2) is 0 Å². The molecule has 0 bridgehead atoms. The van der Waals surface area contributed by atoms with Gasteiger partial charge in [0.25, 0.3) is 5.91 Å². The molecule has 0 aliphatic carbocycles. The number of rotatable bonds is 7. The maximum atomic E-state index is 12.8. The van der Waals surface area contributed by atoms with E-state index < -0.39 is 0 Å². The molecule has 0 saturated carbocycles. The molecule has 4 nitrogen and oxygen atoms in total. The lowest BCUT2D eigenvalue weighted by atomic mass is 10.1. The molecule has 0 aromatic heterocycles. The van der Waals surface area contributed by atoms with Gasteiger partial charge in [0.1, 0.15) is 0 Å². The second kappa shape index (κ2) is 10.4. The Morgan fingerprint density at radius 1 is 1.06 bits per heavy atom. The van der Waals surface area contributed by atoms with Crippen LogP contribution in [0.2, 0.25) is 5.02 Å².